The number of halogens is 3. The highest BCUT2D eigenvalue weighted by molar-refractivity contribution is 5.94. The molecule has 0 bridgehead atoms. The van der Waals surface area contributed by atoms with Crippen LogP contribution in [0.2, 0.25) is 0 Å². The molecule has 1 amide bonds. The number of nitrogens with one attached hydrogen (secondary N) is 2. The van der Waals surface area contributed by atoms with Gasteiger partial charge in [-0.3, -0.25) is 4.79 Å². The van der Waals surface area contributed by atoms with Gasteiger partial charge in [0.25, 0.3) is 0 Å². The van der Waals surface area contributed by atoms with Gasteiger partial charge in [0.2, 0.25) is 11.9 Å². The van der Waals surface area contributed by atoms with Crippen molar-refractivity contribution in [1.29, 1.82) is 5.26 Å². The van der Waals surface area contributed by atoms with Crippen LogP contribution in [0.3, 0.4) is 0 Å². The Labute approximate surface area is 204 Å². The lowest BCUT2D eigenvalue weighted by molar-refractivity contribution is -0.140. The van der Waals surface area contributed by atoms with E-state index in [1.807, 2.05) is 11.0 Å². The topological polar surface area (TPSA) is 137 Å². The van der Waals surface area contributed by atoms with Gasteiger partial charge in [-0.25, -0.2) is 15.0 Å². The van der Waals surface area contributed by atoms with E-state index in [9.17, 15) is 23.2 Å². The molecule has 4 heterocycles. The highest BCUT2D eigenvalue weighted by Crippen LogP contribution is 2.35. The van der Waals surface area contributed by atoms with Crippen LogP contribution < -0.4 is 11.1 Å². The number of anilines is 1. The molecule has 1 saturated carbocycles. The highest BCUT2D eigenvalue weighted by atomic mass is 19.4. The number of aromatic nitrogens is 4. The van der Waals surface area contributed by atoms with Crippen LogP contribution in [-0.2, 0) is 11.0 Å². The van der Waals surface area contributed by atoms with Gasteiger partial charge in [0.1, 0.15) is 11.7 Å². The second kappa shape index (κ2) is 9.39. The second-order valence-electron chi connectivity index (χ2n) is 9.47. The summed E-state index contributed by atoms with van der Waals surface area (Å²) in [4.78, 5) is 29.8. The van der Waals surface area contributed by atoms with Gasteiger partial charge in [0, 0.05) is 54.9 Å². The number of amides is 1. The van der Waals surface area contributed by atoms with Crippen molar-refractivity contribution < 1.29 is 18.0 Å². The number of rotatable bonds is 5. The second-order valence-corrected chi connectivity index (χ2v) is 9.47. The molecule has 3 aromatic rings. The van der Waals surface area contributed by atoms with Gasteiger partial charge in [-0.2, -0.15) is 18.4 Å². The van der Waals surface area contributed by atoms with Crippen molar-refractivity contribution in [1.82, 2.24) is 24.8 Å². The van der Waals surface area contributed by atoms with Crippen molar-refractivity contribution in [3.63, 3.8) is 0 Å². The predicted octanol–water partition coefficient (Wildman–Crippen LogP) is 3.30. The molecule has 2 aliphatic rings. The quantitative estimate of drug-likeness (QED) is 0.491. The monoisotopic (exact) mass is 498 g/mol. The summed E-state index contributed by atoms with van der Waals surface area (Å²) in [6.45, 7) is 1.97. The molecule has 4 N–H and O–H groups in total. The molecule has 0 spiro atoms. The lowest BCUT2D eigenvalue weighted by Crippen LogP contribution is -2.49. The van der Waals surface area contributed by atoms with Crippen molar-refractivity contribution >= 4 is 22.9 Å². The van der Waals surface area contributed by atoms with Crippen molar-refractivity contribution in [2.45, 2.75) is 37.9 Å². The van der Waals surface area contributed by atoms with Crippen LogP contribution in [0.1, 0.15) is 36.8 Å². The predicted molar refractivity (Wildman–Crippen MR) is 125 cm³/mol. The van der Waals surface area contributed by atoms with Crippen molar-refractivity contribution in [2.75, 3.05) is 25.0 Å². The number of pyridine rings is 1. The van der Waals surface area contributed by atoms with Crippen LogP contribution in [0.15, 0.2) is 24.7 Å². The average molecular weight is 499 g/mol. The van der Waals surface area contributed by atoms with Crippen molar-refractivity contribution in [3.05, 3.63) is 35.8 Å². The van der Waals surface area contributed by atoms with Gasteiger partial charge in [0.15, 0.2) is 0 Å². The van der Waals surface area contributed by atoms with E-state index in [2.05, 4.69) is 25.3 Å². The zero-order valence-corrected chi connectivity index (χ0v) is 19.3. The largest absolute Gasteiger partial charge is 0.417 e. The number of carbonyl (C=O) groups excluding carboxylic acids is 1. The molecular formula is C24H25F3N8O. The summed E-state index contributed by atoms with van der Waals surface area (Å²) in [6, 6.07) is 3.15. The summed E-state index contributed by atoms with van der Waals surface area (Å²) >= 11 is 0. The van der Waals surface area contributed by atoms with Crippen molar-refractivity contribution in [2.24, 2.45) is 17.6 Å². The molecule has 1 aliphatic heterocycles. The Bertz CT molecular complexity index is 1320. The van der Waals surface area contributed by atoms with E-state index >= 15 is 0 Å². The first-order valence-electron chi connectivity index (χ1n) is 11.8. The SMILES string of the molecule is N#Cc1cnc(NCC2CCN(C(=O)[C@H]3C[C@@H](N)C3)CC2)nc1-c1c[nH]c2ncc(C(F)(F)F)cc12. The minimum Gasteiger partial charge on any atom is -0.354 e. The number of hydrogen-bond donors (Lipinski definition) is 3. The Morgan fingerprint density at radius 1 is 1.25 bits per heavy atom. The Morgan fingerprint density at radius 3 is 2.67 bits per heavy atom. The minimum absolute atomic E-state index is 0.0621. The first-order valence-corrected chi connectivity index (χ1v) is 11.8. The molecule has 0 aromatic carbocycles. The maximum atomic E-state index is 13.2. The lowest BCUT2D eigenvalue weighted by Gasteiger charge is -2.38. The fourth-order valence-electron chi connectivity index (χ4n) is 4.82. The van der Waals surface area contributed by atoms with Crippen LogP contribution in [0.25, 0.3) is 22.3 Å². The molecule has 1 aliphatic carbocycles. The van der Waals surface area contributed by atoms with Crippen LogP contribution in [-0.4, -0.2) is 56.4 Å². The number of nitrogens with two attached hydrogens (primary N) is 1. The summed E-state index contributed by atoms with van der Waals surface area (Å²) in [7, 11) is 0. The fourth-order valence-corrected chi connectivity index (χ4v) is 4.82. The number of hydrogen-bond acceptors (Lipinski definition) is 7. The first kappa shape index (κ1) is 24.0. The summed E-state index contributed by atoms with van der Waals surface area (Å²) in [5.41, 5.74) is 5.89. The van der Waals surface area contributed by atoms with E-state index in [1.54, 1.807) is 0 Å². The fraction of sp³-hybridized carbons (Fsp3) is 0.458. The summed E-state index contributed by atoms with van der Waals surface area (Å²) < 4.78 is 39.7. The van der Waals surface area contributed by atoms with Gasteiger partial charge in [-0.1, -0.05) is 0 Å². The Kier molecular flexibility index (Phi) is 6.26. The van der Waals surface area contributed by atoms with E-state index in [0.29, 0.717) is 31.1 Å². The highest BCUT2D eigenvalue weighted by Gasteiger charge is 2.36. The Balaban J connectivity index is 1.28. The number of carbonyl (C=O) groups is 1. The standard InChI is InChI=1S/C24H25F3N8O/c25-24(26,27)16-7-18-19(12-31-21(18)30-11-16)20-15(8-28)10-33-23(34-20)32-9-13-1-3-35(4-2-13)22(36)14-5-17(29)6-14/h7,10-14,17H,1-6,9,29H2,(H,30,31)(H,32,33,34)/t14-,17+. The zero-order chi connectivity index (χ0) is 25.4. The maximum Gasteiger partial charge on any atom is 0.417 e. The first-order chi connectivity index (χ1) is 17.2. The third-order valence-corrected chi connectivity index (χ3v) is 7.02. The molecule has 0 unspecified atom stereocenters. The van der Waals surface area contributed by atoms with E-state index in [4.69, 9.17) is 5.73 Å². The van der Waals surface area contributed by atoms with E-state index < -0.39 is 11.7 Å². The van der Waals surface area contributed by atoms with Gasteiger partial charge < -0.3 is 20.9 Å². The van der Waals surface area contributed by atoms with E-state index in [1.165, 1.54) is 12.4 Å². The molecular weight excluding hydrogens is 473 g/mol. The maximum absolute atomic E-state index is 13.2. The van der Waals surface area contributed by atoms with Gasteiger partial charge in [0.05, 0.1) is 23.0 Å². The number of nitriles is 1. The van der Waals surface area contributed by atoms with Crippen LogP contribution >= 0.6 is 0 Å². The van der Waals surface area contributed by atoms with Crippen molar-refractivity contribution in [3.8, 4) is 17.3 Å². The number of likely N-dealkylation sites (tertiary alicyclic amines) is 1. The molecule has 3 aromatic heterocycles. The van der Waals surface area contributed by atoms with E-state index in [-0.39, 0.29) is 46.1 Å². The number of alkyl halides is 3. The summed E-state index contributed by atoms with van der Waals surface area (Å²) in [5, 5.41) is 13.0. The minimum atomic E-state index is -4.54. The van der Waals surface area contributed by atoms with Gasteiger partial charge >= 0.3 is 6.18 Å². The lowest BCUT2D eigenvalue weighted by atomic mass is 9.79. The zero-order valence-electron chi connectivity index (χ0n) is 19.3. The number of piperidine rings is 1. The smallest absolute Gasteiger partial charge is 0.354 e. The molecule has 12 heteroatoms. The molecule has 1 saturated heterocycles. The molecule has 5 rings (SSSR count). The molecule has 0 atom stereocenters. The summed E-state index contributed by atoms with van der Waals surface area (Å²) in [5.74, 6) is 0.851. The summed E-state index contributed by atoms with van der Waals surface area (Å²) in [6.07, 6.45) is 2.29. The molecule has 2 fully saturated rings. The molecule has 0 radical (unpaired) electrons. The number of aromatic amines is 1. The van der Waals surface area contributed by atoms with Crippen LogP contribution in [0.4, 0.5) is 19.1 Å². The average Bonchev–Trinajstić information content (AvgIpc) is 3.28. The number of fused-ring (bicyclic) bond motifs is 1. The normalized spacial score (nSPS) is 20.7. The van der Waals surface area contributed by atoms with Gasteiger partial charge in [-0.15, -0.1) is 0 Å². The third-order valence-electron chi connectivity index (χ3n) is 7.02. The molecule has 188 valence electrons. The van der Waals surface area contributed by atoms with Gasteiger partial charge in [-0.05, 0) is 37.7 Å². The van der Waals surface area contributed by atoms with E-state index in [0.717, 1.165) is 37.9 Å². The van der Waals surface area contributed by atoms with Crippen LogP contribution in [0.5, 0.6) is 0 Å². The Hall–Kier alpha value is -3.72. The molecule has 9 nitrogen and oxygen atoms in total. The number of H-pyrrole nitrogens is 1. The van der Waals surface area contributed by atoms with Crippen LogP contribution in [0, 0.1) is 23.2 Å². The number of nitrogens with zero attached hydrogens (tertiary/aromatic N) is 5. The molecule has 36 heavy (non-hydrogen) atoms. The Morgan fingerprint density at radius 2 is 2.00 bits per heavy atom. The third kappa shape index (κ3) is 4.70.